The van der Waals surface area contributed by atoms with Crippen LogP contribution >= 0.6 is 0 Å². The molecule has 0 N–H and O–H groups in total. The Balaban J connectivity index is 0.000000829. The molecule has 20 heavy (non-hydrogen) atoms. The first-order valence-corrected chi connectivity index (χ1v) is 7.35. The van der Waals surface area contributed by atoms with Gasteiger partial charge in [-0.3, -0.25) is 0 Å². The second-order valence-electron chi connectivity index (χ2n) is 3.55. The molecule has 0 radical (unpaired) electrons. The molecule has 2 aromatic carbocycles. The van der Waals surface area contributed by atoms with Crippen molar-refractivity contribution in [2.75, 3.05) is 0 Å². The minimum absolute atomic E-state index is 1.20. The van der Waals surface area contributed by atoms with Crippen molar-refractivity contribution in [3.05, 3.63) is 90.5 Å². The molecule has 0 saturated carbocycles. The highest BCUT2D eigenvalue weighted by Gasteiger charge is 2.01. The highest BCUT2D eigenvalue weighted by Crippen LogP contribution is 2.22. The van der Waals surface area contributed by atoms with E-state index < -0.39 is 0 Å². The molecule has 0 aliphatic rings. The highest BCUT2D eigenvalue weighted by atomic mass is 14.1. The van der Waals surface area contributed by atoms with Crippen LogP contribution in [-0.2, 0) is 0 Å². The van der Waals surface area contributed by atoms with Crippen LogP contribution in [0.25, 0.3) is 5.57 Å². The zero-order chi connectivity index (χ0) is 15.2. The van der Waals surface area contributed by atoms with Crippen LogP contribution in [0.1, 0.15) is 38.8 Å². The second kappa shape index (κ2) is 12.0. The molecule has 0 unspecified atom stereocenters. The van der Waals surface area contributed by atoms with Crippen LogP contribution < -0.4 is 0 Å². The molecule has 0 fully saturated rings. The number of hydrogen-bond acceptors (Lipinski definition) is 0. The van der Waals surface area contributed by atoms with E-state index in [4.69, 9.17) is 0 Å². The van der Waals surface area contributed by atoms with Gasteiger partial charge in [-0.05, 0) is 16.7 Å². The lowest BCUT2D eigenvalue weighted by molar-refractivity contribution is 1.50. The van der Waals surface area contributed by atoms with Crippen molar-refractivity contribution in [3.63, 3.8) is 0 Å². The fourth-order valence-electron chi connectivity index (χ4n) is 1.71. The van der Waals surface area contributed by atoms with E-state index in [0.717, 1.165) is 0 Å². The predicted octanol–water partition coefficient (Wildman–Crippen LogP) is 6.36. The highest BCUT2D eigenvalue weighted by molar-refractivity contribution is 5.80. The Labute approximate surface area is 124 Å². The van der Waals surface area contributed by atoms with Gasteiger partial charge in [-0.25, -0.2) is 0 Å². The molecule has 0 aliphatic heterocycles. The minimum Gasteiger partial charge on any atom is -0.0990 e. The summed E-state index contributed by atoms with van der Waals surface area (Å²) < 4.78 is 0. The third kappa shape index (κ3) is 5.71. The summed E-state index contributed by atoms with van der Waals surface area (Å²) in [6.07, 6.45) is 3.88. The molecule has 0 spiro atoms. The summed E-state index contributed by atoms with van der Waals surface area (Å²) in [4.78, 5) is 0. The molecule has 0 aliphatic carbocycles. The molecule has 2 rings (SSSR count). The normalized spacial score (nSPS) is 8.20. The van der Waals surface area contributed by atoms with Crippen LogP contribution in [0, 0.1) is 0 Å². The average molecular weight is 266 g/mol. The summed E-state index contributed by atoms with van der Waals surface area (Å²) in [5.41, 5.74) is 3.64. The third-order valence-electron chi connectivity index (χ3n) is 2.45. The Morgan fingerprint density at radius 1 is 0.700 bits per heavy atom. The van der Waals surface area contributed by atoms with E-state index in [0.29, 0.717) is 0 Å². The monoisotopic (exact) mass is 266 g/mol. The number of hydrogen-bond donors (Lipinski definition) is 0. The number of allylic oxidation sites excluding steroid dienone is 2. The first kappa shape index (κ1) is 17.9. The maximum absolute atomic E-state index is 3.78. The molecule has 0 saturated heterocycles. The van der Waals surface area contributed by atoms with Gasteiger partial charge in [0, 0.05) is 0 Å². The van der Waals surface area contributed by atoms with Gasteiger partial charge in [-0.2, -0.15) is 0 Å². The summed E-state index contributed by atoms with van der Waals surface area (Å²) in [7, 11) is 0. The maximum Gasteiger partial charge on any atom is -0.0112 e. The van der Waals surface area contributed by atoms with Gasteiger partial charge < -0.3 is 0 Å². The van der Waals surface area contributed by atoms with Crippen LogP contribution in [0.3, 0.4) is 0 Å². The average Bonchev–Trinajstić information content (AvgIpc) is 2.58. The summed E-state index contributed by atoms with van der Waals surface area (Å²) in [5.74, 6) is 0. The Morgan fingerprint density at radius 3 is 1.35 bits per heavy atom. The van der Waals surface area contributed by atoms with E-state index in [1.165, 1.54) is 16.7 Å². The first-order chi connectivity index (χ1) is 9.92. The van der Waals surface area contributed by atoms with Gasteiger partial charge in [0.1, 0.15) is 0 Å². The SMILES string of the molecule is C=CC=C(c1ccccc1)c1ccccc1.CC.CC. The Hall–Kier alpha value is -2.08. The summed E-state index contributed by atoms with van der Waals surface area (Å²) in [6.45, 7) is 11.8. The van der Waals surface area contributed by atoms with Crippen molar-refractivity contribution in [3.8, 4) is 0 Å². The molecule has 0 heterocycles. The van der Waals surface area contributed by atoms with Gasteiger partial charge in [0.25, 0.3) is 0 Å². The van der Waals surface area contributed by atoms with Crippen LogP contribution in [0.5, 0.6) is 0 Å². The Kier molecular flexibility index (Phi) is 10.7. The molecule has 0 heteroatoms. The Morgan fingerprint density at radius 2 is 1.05 bits per heavy atom. The van der Waals surface area contributed by atoms with E-state index in [1.54, 1.807) is 0 Å². The lowest BCUT2D eigenvalue weighted by Crippen LogP contribution is -1.86. The lowest BCUT2D eigenvalue weighted by Gasteiger charge is -2.07. The molecule has 0 bridgehead atoms. The fourth-order valence-corrected chi connectivity index (χ4v) is 1.71. The van der Waals surface area contributed by atoms with Gasteiger partial charge in [0.15, 0.2) is 0 Å². The minimum atomic E-state index is 1.20. The topological polar surface area (TPSA) is 0 Å². The van der Waals surface area contributed by atoms with Crippen molar-refractivity contribution in [1.82, 2.24) is 0 Å². The molecule has 2 aromatic rings. The quantitative estimate of drug-likeness (QED) is 0.567. The van der Waals surface area contributed by atoms with Crippen LogP contribution in [0.15, 0.2) is 79.4 Å². The molecular weight excluding hydrogens is 240 g/mol. The van der Waals surface area contributed by atoms with Crippen LogP contribution in [0.2, 0.25) is 0 Å². The van der Waals surface area contributed by atoms with Crippen molar-refractivity contribution in [2.45, 2.75) is 27.7 Å². The van der Waals surface area contributed by atoms with Crippen molar-refractivity contribution >= 4 is 5.57 Å². The molecule has 0 aromatic heterocycles. The van der Waals surface area contributed by atoms with Gasteiger partial charge in [-0.1, -0.05) is 107 Å². The van der Waals surface area contributed by atoms with Crippen molar-refractivity contribution in [2.24, 2.45) is 0 Å². The smallest absolute Gasteiger partial charge is 0.0112 e. The fraction of sp³-hybridized carbons (Fsp3) is 0.200. The van der Waals surface area contributed by atoms with Crippen LogP contribution in [0.4, 0.5) is 0 Å². The third-order valence-corrected chi connectivity index (χ3v) is 2.45. The predicted molar refractivity (Wildman–Crippen MR) is 92.9 cm³/mol. The number of rotatable bonds is 3. The summed E-state index contributed by atoms with van der Waals surface area (Å²) in [6, 6.07) is 20.7. The first-order valence-electron chi connectivity index (χ1n) is 7.35. The summed E-state index contributed by atoms with van der Waals surface area (Å²) >= 11 is 0. The molecule has 0 atom stereocenters. The molecular formula is C20H26. The van der Waals surface area contributed by atoms with E-state index >= 15 is 0 Å². The van der Waals surface area contributed by atoms with Gasteiger partial charge in [0.05, 0.1) is 0 Å². The largest absolute Gasteiger partial charge is 0.0990 e. The molecule has 106 valence electrons. The van der Waals surface area contributed by atoms with E-state index in [-0.39, 0.29) is 0 Å². The van der Waals surface area contributed by atoms with E-state index in [2.05, 4.69) is 55.1 Å². The van der Waals surface area contributed by atoms with Crippen molar-refractivity contribution in [1.29, 1.82) is 0 Å². The molecule has 0 nitrogen and oxygen atoms in total. The second-order valence-corrected chi connectivity index (χ2v) is 3.55. The van der Waals surface area contributed by atoms with Crippen LogP contribution in [-0.4, -0.2) is 0 Å². The number of benzene rings is 2. The maximum atomic E-state index is 3.78. The van der Waals surface area contributed by atoms with Gasteiger partial charge >= 0.3 is 0 Å². The summed E-state index contributed by atoms with van der Waals surface area (Å²) in [5, 5.41) is 0. The zero-order valence-corrected chi connectivity index (χ0v) is 13.1. The Bertz CT molecular complexity index is 436. The zero-order valence-electron chi connectivity index (χ0n) is 13.1. The van der Waals surface area contributed by atoms with E-state index in [1.807, 2.05) is 52.0 Å². The van der Waals surface area contributed by atoms with Crippen molar-refractivity contribution < 1.29 is 0 Å². The van der Waals surface area contributed by atoms with E-state index in [9.17, 15) is 0 Å². The van der Waals surface area contributed by atoms with Gasteiger partial charge in [-0.15, -0.1) is 0 Å². The standard InChI is InChI=1S/C16H14.2C2H6/c1-2-9-16(14-10-5-3-6-11-14)15-12-7-4-8-13-15;2*1-2/h2-13H,1H2;2*1-2H3. The lowest BCUT2D eigenvalue weighted by atomic mass is 9.98. The molecule has 0 amide bonds. The van der Waals surface area contributed by atoms with Gasteiger partial charge in [0.2, 0.25) is 0 Å².